The fourth-order valence-electron chi connectivity index (χ4n) is 2.81. The molecule has 1 aliphatic carbocycles. The molecule has 1 aromatic heterocycles. The normalized spacial score (nSPS) is 14.3. The summed E-state index contributed by atoms with van der Waals surface area (Å²) in [5.74, 6) is -0.606. The molecule has 0 radical (unpaired) electrons. The van der Waals surface area contributed by atoms with Crippen LogP contribution in [0.2, 0.25) is 10.0 Å². The number of rotatable bonds is 4. The van der Waals surface area contributed by atoms with Gasteiger partial charge in [-0.25, -0.2) is 0 Å². The van der Waals surface area contributed by atoms with Crippen LogP contribution in [0.5, 0.6) is 0 Å². The number of carbonyl (C=O) groups excluding carboxylic acids is 2. The molecular weight excluding hydrogens is 361 g/mol. The Hall–Kier alpha value is -2.11. The summed E-state index contributed by atoms with van der Waals surface area (Å²) in [4.78, 5) is 28.7. The quantitative estimate of drug-likeness (QED) is 0.833. The van der Waals surface area contributed by atoms with Crippen molar-refractivity contribution in [3.8, 4) is 0 Å². The SMILES string of the molecule is O=C(Nc1ccc(Cl)cc1Cl)c1cncc(C(=O)NC2CCCC2)c1. The second-order valence-electron chi connectivity index (χ2n) is 6.00. The molecule has 7 heteroatoms. The van der Waals surface area contributed by atoms with E-state index in [-0.39, 0.29) is 17.5 Å². The average molecular weight is 378 g/mol. The molecule has 1 aliphatic rings. The highest BCUT2D eigenvalue weighted by Gasteiger charge is 2.19. The van der Waals surface area contributed by atoms with Crippen molar-refractivity contribution in [2.45, 2.75) is 31.7 Å². The summed E-state index contributed by atoms with van der Waals surface area (Å²) in [5.41, 5.74) is 1.09. The Balaban J connectivity index is 1.71. The van der Waals surface area contributed by atoms with Gasteiger partial charge in [0.15, 0.2) is 0 Å². The van der Waals surface area contributed by atoms with Crippen LogP contribution in [0.3, 0.4) is 0 Å². The Labute approximate surface area is 155 Å². The number of benzene rings is 1. The first kappa shape index (κ1) is 17.7. The number of nitrogens with zero attached hydrogens (tertiary/aromatic N) is 1. The molecule has 1 fully saturated rings. The number of halogens is 2. The molecule has 2 N–H and O–H groups in total. The van der Waals surface area contributed by atoms with Crippen LogP contribution in [-0.2, 0) is 0 Å². The molecule has 1 saturated carbocycles. The zero-order valence-corrected chi connectivity index (χ0v) is 14.9. The largest absolute Gasteiger partial charge is 0.349 e. The lowest BCUT2D eigenvalue weighted by molar-refractivity contribution is 0.0937. The van der Waals surface area contributed by atoms with Crippen molar-refractivity contribution in [3.05, 3.63) is 57.8 Å². The molecule has 25 heavy (non-hydrogen) atoms. The Kier molecular flexibility index (Phi) is 5.56. The highest BCUT2D eigenvalue weighted by Crippen LogP contribution is 2.26. The van der Waals surface area contributed by atoms with Crippen molar-refractivity contribution in [3.63, 3.8) is 0 Å². The fraction of sp³-hybridized carbons (Fsp3) is 0.278. The van der Waals surface area contributed by atoms with Crippen LogP contribution in [0, 0.1) is 0 Å². The summed E-state index contributed by atoms with van der Waals surface area (Å²) < 4.78 is 0. The van der Waals surface area contributed by atoms with Gasteiger partial charge in [0.2, 0.25) is 0 Å². The lowest BCUT2D eigenvalue weighted by Crippen LogP contribution is -2.32. The second-order valence-corrected chi connectivity index (χ2v) is 6.84. The van der Waals surface area contributed by atoms with Gasteiger partial charge in [0.1, 0.15) is 0 Å². The van der Waals surface area contributed by atoms with Crippen LogP contribution < -0.4 is 10.6 Å². The van der Waals surface area contributed by atoms with Crippen LogP contribution >= 0.6 is 23.2 Å². The van der Waals surface area contributed by atoms with Crippen molar-refractivity contribution in [1.82, 2.24) is 10.3 Å². The van der Waals surface area contributed by atoms with E-state index in [1.807, 2.05) is 0 Å². The minimum Gasteiger partial charge on any atom is -0.349 e. The Morgan fingerprint density at radius 2 is 1.68 bits per heavy atom. The third-order valence-corrected chi connectivity index (χ3v) is 4.68. The van der Waals surface area contributed by atoms with E-state index < -0.39 is 5.91 Å². The van der Waals surface area contributed by atoms with Crippen molar-refractivity contribution < 1.29 is 9.59 Å². The molecule has 0 aliphatic heterocycles. The first-order valence-electron chi connectivity index (χ1n) is 8.05. The molecular formula is C18H17Cl2N3O2. The zero-order chi connectivity index (χ0) is 17.8. The van der Waals surface area contributed by atoms with Crippen molar-refractivity contribution >= 4 is 40.7 Å². The van der Waals surface area contributed by atoms with Gasteiger partial charge < -0.3 is 10.6 Å². The summed E-state index contributed by atoms with van der Waals surface area (Å²) in [5, 5.41) is 6.49. The average Bonchev–Trinajstić information content (AvgIpc) is 3.10. The summed E-state index contributed by atoms with van der Waals surface area (Å²) in [6.07, 6.45) is 7.12. The van der Waals surface area contributed by atoms with E-state index in [2.05, 4.69) is 15.6 Å². The van der Waals surface area contributed by atoms with E-state index in [1.165, 1.54) is 18.5 Å². The number of hydrogen-bond donors (Lipinski definition) is 2. The number of anilines is 1. The topological polar surface area (TPSA) is 71.1 Å². The van der Waals surface area contributed by atoms with E-state index in [0.29, 0.717) is 21.3 Å². The smallest absolute Gasteiger partial charge is 0.257 e. The molecule has 3 rings (SSSR count). The van der Waals surface area contributed by atoms with Crippen molar-refractivity contribution in [1.29, 1.82) is 0 Å². The summed E-state index contributed by atoms with van der Waals surface area (Å²) in [6, 6.07) is 6.52. The summed E-state index contributed by atoms with van der Waals surface area (Å²) in [7, 11) is 0. The van der Waals surface area contributed by atoms with Gasteiger partial charge in [0.05, 0.1) is 21.8 Å². The second kappa shape index (κ2) is 7.85. The van der Waals surface area contributed by atoms with Crippen LogP contribution in [0.25, 0.3) is 0 Å². The predicted molar refractivity (Wildman–Crippen MR) is 98.4 cm³/mol. The van der Waals surface area contributed by atoms with E-state index in [0.717, 1.165) is 25.7 Å². The minimum absolute atomic E-state index is 0.206. The highest BCUT2D eigenvalue weighted by atomic mass is 35.5. The summed E-state index contributed by atoms with van der Waals surface area (Å²) >= 11 is 11.9. The molecule has 0 bridgehead atoms. The first-order chi connectivity index (χ1) is 12.0. The summed E-state index contributed by atoms with van der Waals surface area (Å²) in [6.45, 7) is 0. The molecule has 1 heterocycles. The van der Waals surface area contributed by atoms with Gasteiger partial charge in [-0.3, -0.25) is 14.6 Å². The van der Waals surface area contributed by atoms with Gasteiger partial charge in [0.25, 0.3) is 11.8 Å². The lowest BCUT2D eigenvalue weighted by Gasteiger charge is -2.12. The minimum atomic E-state index is -0.396. The third-order valence-electron chi connectivity index (χ3n) is 4.13. The molecule has 2 aromatic rings. The van der Waals surface area contributed by atoms with Gasteiger partial charge in [-0.2, -0.15) is 0 Å². The van der Waals surface area contributed by atoms with Gasteiger partial charge in [0, 0.05) is 23.5 Å². The molecule has 130 valence electrons. The van der Waals surface area contributed by atoms with Crippen molar-refractivity contribution in [2.75, 3.05) is 5.32 Å². The van der Waals surface area contributed by atoms with Gasteiger partial charge in [-0.15, -0.1) is 0 Å². The lowest BCUT2D eigenvalue weighted by atomic mass is 10.1. The number of aromatic nitrogens is 1. The predicted octanol–water partition coefficient (Wildman–Crippen LogP) is 4.31. The van der Waals surface area contributed by atoms with Gasteiger partial charge in [-0.1, -0.05) is 36.0 Å². The molecule has 0 unspecified atom stereocenters. The fourth-order valence-corrected chi connectivity index (χ4v) is 3.27. The molecule has 1 aromatic carbocycles. The number of hydrogen-bond acceptors (Lipinski definition) is 3. The maximum Gasteiger partial charge on any atom is 0.257 e. The van der Waals surface area contributed by atoms with Crippen LogP contribution in [0.4, 0.5) is 5.69 Å². The molecule has 0 saturated heterocycles. The van der Waals surface area contributed by atoms with Crippen LogP contribution in [-0.4, -0.2) is 22.8 Å². The Morgan fingerprint density at radius 3 is 2.36 bits per heavy atom. The van der Waals surface area contributed by atoms with E-state index in [9.17, 15) is 9.59 Å². The maximum absolute atomic E-state index is 12.4. The monoisotopic (exact) mass is 377 g/mol. The number of carbonyl (C=O) groups is 2. The first-order valence-corrected chi connectivity index (χ1v) is 8.81. The van der Waals surface area contributed by atoms with E-state index in [1.54, 1.807) is 18.2 Å². The Bertz CT molecular complexity index is 805. The number of amides is 2. The molecule has 0 spiro atoms. The van der Waals surface area contributed by atoms with Crippen molar-refractivity contribution in [2.24, 2.45) is 0 Å². The maximum atomic E-state index is 12.4. The molecule has 5 nitrogen and oxygen atoms in total. The molecule has 2 amide bonds. The van der Waals surface area contributed by atoms with Gasteiger partial charge in [-0.05, 0) is 37.1 Å². The van der Waals surface area contributed by atoms with E-state index in [4.69, 9.17) is 23.2 Å². The third kappa shape index (κ3) is 4.50. The number of nitrogens with one attached hydrogen (secondary N) is 2. The van der Waals surface area contributed by atoms with Crippen LogP contribution in [0.15, 0.2) is 36.7 Å². The standard InChI is InChI=1S/C18H17Cl2N3O2/c19-13-5-6-16(15(20)8-13)23-18(25)12-7-11(9-21-10-12)17(24)22-14-3-1-2-4-14/h5-10,14H,1-4H2,(H,22,24)(H,23,25). The highest BCUT2D eigenvalue weighted by molar-refractivity contribution is 6.36. The van der Waals surface area contributed by atoms with E-state index >= 15 is 0 Å². The van der Waals surface area contributed by atoms with Gasteiger partial charge >= 0.3 is 0 Å². The Morgan fingerprint density at radius 1 is 1.00 bits per heavy atom. The molecule has 0 atom stereocenters. The zero-order valence-electron chi connectivity index (χ0n) is 13.4. The number of pyridine rings is 1. The van der Waals surface area contributed by atoms with Crippen LogP contribution in [0.1, 0.15) is 46.4 Å².